The minimum Gasteiger partial charge on any atom is -0.367 e. The van der Waals surface area contributed by atoms with E-state index in [1.165, 1.54) is 12.1 Å². The molecule has 6 heteroatoms. The molecular formula is C16H21FN2O3. The Hall–Kier alpha value is -1.95. The standard InChI is InChI=1S/C16H21FN2O3/c1-15(2,11-5-4-6-12(17)9-11)14(21)19-7-8-22-16(3,10-19)13(18)20/h4-6,9H,7-8,10H2,1-3H3,(H2,18,20)/t16-/m0/s1. The van der Waals surface area contributed by atoms with Gasteiger partial charge in [-0.25, -0.2) is 4.39 Å². The number of hydrogen-bond donors (Lipinski definition) is 1. The molecule has 120 valence electrons. The summed E-state index contributed by atoms with van der Waals surface area (Å²) in [6.07, 6.45) is 0. The largest absolute Gasteiger partial charge is 0.367 e. The van der Waals surface area contributed by atoms with Crippen LogP contribution in [0.15, 0.2) is 24.3 Å². The molecule has 2 rings (SSSR count). The van der Waals surface area contributed by atoms with E-state index in [9.17, 15) is 14.0 Å². The third-order valence-electron chi connectivity index (χ3n) is 4.16. The predicted octanol–water partition coefficient (Wildman–Crippen LogP) is 1.21. The number of amides is 2. The second kappa shape index (κ2) is 5.68. The third-order valence-corrected chi connectivity index (χ3v) is 4.16. The number of rotatable bonds is 3. The summed E-state index contributed by atoms with van der Waals surface area (Å²) in [4.78, 5) is 25.9. The zero-order chi connectivity index (χ0) is 16.5. The van der Waals surface area contributed by atoms with Crippen molar-refractivity contribution in [3.8, 4) is 0 Å². The van der Waals surface area contributed by atoms with Crippen molar-refractivity contribution in [1.29, 1.82) is 0 Å². The summed E-state index contributed by atoms with van der Waals surface area (Å²) >= 11 is 0. The number of carbonyl (C=O) groups is 2. The maximum Gasteiger partial charge on any atom is 0.251 e. The molecular weight excluding hydrogens is 287 g/mol. The lowest BCUT2D eigenvalue weighted by molar-refractivity contribution is -0.162. The van der Waals surface area contributed by atoms with Gasteiger partial charge in [0.1, 0.15) is 5.82 Å². The highest BCUT2D eigenvalue weighted by atomic mass is 19.1. The molecule has 1 aliphatic rings. The van der Waals surface area contributed by atoms with Crippen molar-refractivity contribution in [1.82, 2.24) is 4.90 Å². The van der Waals surface area contributed by atoms with Crippen molar-refractivity contribution >= 4 is 11.8 Å². The Bertz CT molecular complexity index is 603. The lowest BCUT2D eigenvalue weighted by Crippen LogP contribution is -2.60. The van der Waals surface area contributed by atoms with Gasteiger partial charge >= 0.3 is 0 Å². The van der Waals surface area contributed by atoms with Gasteiger partial charge in [-0.05, 0) is 38.5 Å². The van der Waals surface area contributed by atoms with Gasteiger partial charge in [0.05, 0.1) is 18.6 Å². The molecule has 0 aliphatic carbocycles. The number of primary amides is 1. The van der Waals surface area contributed by atoms with Gasteiger partial charge in [-0.15, -0.1) is 0 Å². The molecule has 0 radical (unpaired) electrons. The molecule has 1 aromatic rings. The quantitative estimate of drug-likeness (QED) is 0.912. The van der Waals surface area contributed by atoms with Gasteiger partial charge in [0.2, 0.25) is 5.91 Å². The zero-order valence-electron chi connectivity index (χ0n) is 13.1. The Morgan fingerprint density at radius 2 is 2.09 bits per heavy atom. The second-order valence-corrected chi connectivity index (χ2v) is 6.31. The predicted molar refractivity (Wildman–Crippen MR) is 79.6 cm³/mol. The first-order valence-corrected chi connectivity index (χ1v) is 7.16. The molecule has 1 atom stereocenters. The summed E-state index contributed by atoms with van der Waals surface area (Å²) in [5.74, 6) is -1.18. The molecule has 1 heterocycles. The fourth-order valence-electron chi connectivity index (χ4n) is 2.59. The minimum atomic E-state index is -1.19. The number of hydrogen-bond acceptors (Lipinski definition) is 3. The third kappa shape index (κ3) is 2.97. The fourth-order valence-corrected chi connectivity index (χ4v) is 2.59. The molecule has 1 saturated heterocycles. The molecule has 1 fully saturated rings. The van der Waals surface area contributed by atoms with E-state index < -0.39 is 16.9 Å². The van der Waals surface area contributed by atoms with Gasteiger partial charge in [0, 0.05) is 6.54 Å². The molecule has 0 unspecified atom stereocenters. The average molecular weight is 308 g/mol. The van der Waals surface area contributed by atoms with Crippen LogP contribution < -0.4 is 5.73 Å². The summed E-state index contributed by atoms with van der Waals surface area (Å²) in [5, 5.41) is 0. The number of benzene rings is 1. The molecule has 0 bridgehead atoms. The van der Waals surface area contributed by atoms with Crippen LogP contribution in [0.25, 0.3) is 0 Å². The summed E-state index contributed by atoms with van der Waals surface area (Å²) < 4.78 is 18.8. The second-order valence-electron chi connectivity index (χ2n) is 6.31. The number of nitrogens with zero attached hydrogens (tertiary/aromatic N) is 1. The van der Waals surface area contributed by atoms with Gasteiger partial charge < -0.3 is 15.4 Å². The van der Waals surface area contributed by atoms with Crippen molar-refractivity contribution in [3.05, 3.63) is 35.6 Å². The van der Waals surface area contributed by atoms with Crippen LogP contribution in [0.4, 0.5) is 4.39 Å². The van der Waals surface area contributed by atoms with Gasteiger partial charge in [-0.1, -0.05) is 12.1 Å². The number of nitrogens with two attached hydrogens (primary N) is 1. The van der Waals surface area contributed by atoms with E-state index in [0.717, 1.165) is 0 Å². The highest BCUT2D eigenvalue weighted by molar-refractivity contribution is 5.89. The first-order chi connectivity index (χ1) is 10.2. The highest BCUT2D eigenvalue weighted by Crippen LogP contribution is 2.28. The highest BCUT2D eigenvalue weighted by Gasteiger charge is 2.43. The monoisotopic (exact) mass is 308 g/mol. The van der Waals surface area contributed by atoms with Gasteiger partial charge in [-0.3, -0.25) is 9.59 Å². The van der Waals surface area contributed by atoms with E-state index >= 15 is 0 Å². The lowest BCUT2D eigenvalue weighted by atomic mass is 9.82. The normalized spacial score (nSPS) is 22.5. The molecule has 0 aromatic heterocycles. The van der Waals surface area contributed by atoms with Crippen LogP contribution in [0.3, 0.4) is 0 Å². The minimum absolute atomic E-state index is 0.0971. The Balaban J connectivity index is 2.25. The fraction of sp³-hybridized carbons (Fsp3) is 0.500. The Labute approximate surface area is 129 Å². The van der Waals surface area contributed by atoms with Crippen molar-refractivity contribution < 1.29 is 18.7 Å². The van der Waals surface area contributed by atoms with Gasteiger partial charge in [0.15, 0.2) is 5.60 Å². The van der Waals surface area contributed by atoms with Crippen LogP contribution in [0, 0.1) is 5.82 Å². The molecule has 1 aromatic carbocycles. The van der Waals surface area contributed by atoms with E-state index in [1.54, 1.807) is 37.8 Å². The van der Waals surface area contributed by atoms with Crippen molar-refractivity contribution in [3.63, 3.8) is 0 Å². The van der Waals surface area contributed by atoms with Crippen LogP contribution in [-0.2, 0) is 19.7 Å². The lowest BCUT2D eigenvalue weighted by Gasteiger charge is -2.41. The van der Waals surface area contributed by atoms with Crippen molar-refractivity contribution in [2.45, 2.75) is 31.8 Å². The van der Waals surface area contributed by atoms with Gasteiger partial charge in [0.25, 0.3) is 5.91 Å². The molecule has 2 N–H and O–H groups in total. The molecule has 5 nitrogen and oxygen atoms in total. The smallest absolute Gasteiger partial charge is 0.251 e. The van der Waals surface area contributed by atoms with E-state index in [4.69, 9.17) is 10.5 Å². The van der Waals surface area contributed by atoms with Crippen LogP contribution in [0.5, 0.6) is 0 Å². The van der Waals surface area contributed by atoms with Crippen molar-refractivity contribution in [2.24, 2.45) is 5.73 Å². The molecule has 22 heavy (non-hydrogen) atoms. The summed E-state index contributed by atoms with van der Waals surface area (Å²) in [6, 6.07) is 5.98. The van der Waals surface area contributed by atoms with Crippen LogP contribution in [0.1, 0.15) is 26.3 Å². The number of carbonyl (C=O) groups excluding carboxylic acids is 2. The Kier molecular flexibility index (Phi) is 4.24. The summed E-state index contributed by atoms with van der Waals surface area (Å²) in [6.45, 7) is 5.76. The van der Waals surface area contributed by atoms with E-state index in [1.807, 2.05) is 0 Å². The van der Waals surface area contributed by atoms with Crippen LogP contribution in [-0.4, -0.2) is 42.0 Å². The molecule has 2 amide bonds. The first kappa shape index (κ1) is 16.4. The van der Waals surface area contributed by atoms with Crippen LogP contribution in [0.2, 0.25) is 0 Å². The zero-order valence-corrected chi connectivity index (χ0v) is 13.1. The number of morpholine rings is 1. The molecule has 0 saturated carbocycles. The Morgan fingerprint density at radius 3 is 2.68 bits per heavy atom. The maximum absolute atomic E-state index is 13.4. The topological polar surface area (TPSA) is 72.6 Å². The number of halogens is 1. The maximum atomic E-state index is 13.4. The Morgan fingerprint density at radius 1 is 1.41 bits per heavy atom. The average Bonchev–Trinajstić information content (AvgIpc) is 2.46. The SMILES string of the molecule is CC(C)(C(=O)N1CCO[C@](C)(C(N)=O)C1)c1cccc(F)c1. The molecule has 0 spiro atoms. The summed E-state index contributed by atoms with van der Waals surface area (Å²) in [5.41, 5.74) is 3.85. The van der Waals surface area contributed by atoms with E-state index in [0.29, 0.717) is 12.1 Å². The van der Waals surface area contributed by atoms with E-state index in [2.05, 4.69) is 0 Å². The van der Waals surface area contributed by atoms with Gasteiger partial charge in [-0.2, -0.15) is 0 Å². The number of ether oxygens (including phenoxy) is 1. The molecule has 1 aliphatic heterocycles. The van der Waals surface area contributed by atoms with Crippen LogP contribution >= 0.6 is 0 Å². The van der Waals surface area contributed by atoms with Crippen molar-refractivity contribution in [2.75, 3.05) is 19.7 Å². The summed E-state index contributed by atoms with van der Waals surface area (Å²) in [7, 11) is 0. The van der Waals surface area contributed by atoms with E-state index in [-0.39, 0.29) is 24.9 Å². The first-order valence-electron chi connectivity index (χ1n) is 7.16.